The molecule has 0 saturated carbocycles. The van der Waals surface area contributed by atoms with Crippen molar-refractivity contribution in [1.82, 2.24) is 4.98 Å². The molecular weight excluding hydrogens is 361 g/mol. The van der Waals surface area contributed by atoms with Crippen LogP contribution in [-0.2, 0) is 16.0 Å². The Morgan fingerprint density at radius 2 is 2.12 bits per heavy atom. The molecule has 1 aliphatic heterocycles. The van der Waals surface area contributed by atoms with E-state index in [1.807, 2.05) is 6.07 Å². The van der Waals surface area contributed by atoms with Crippen molar-refractivity contribution in [3.8, 4) is 0 Å². The summed E-state index contributed by atoms with van der Waals surface area (Å²) in [4.78, 5) is 30.6. The normalized spacial score (nSPS) is 16.8. The number of hydrogen-bond donors (Lipinski definition) is 1. The van der Waals surface area contributed by atoms with Gasteiger partial charge in [0.05, 0.1) is 33.5 Å². The molecule has 25 heavy (non-hydrogen) atoms. The van der Waals surface area contributed by atoms with Crippen LogP contribution in [0.15, 0.2) is 36.7 Å². The molecular formula is C18H17Cl2N3O2. The van der Waals surface area contributed by atoms with Crippen molar-refractivity contribution in [3.63, 3.8) is 0 Å². The lowest BCUT2D eigenvalue weighted by molar-refractivity contribution is -0.120. The van der Waals surface area contributed by atoms with E-state index in [9.17, 15) is 9.59 Å². The second-order valence-corrected chi connectivity index (χ2v) is 6.85. The molecule has 1 aliphatic rings. The van der Waals surface area contributed by atoms with Crippen molar-refractivity contribution in [2.75, 3.05) is 16.8 Å². The third kappa shape index (κ3) is 3.94. The summed E-state index contributed by atoms with van der Waals surface area (Å²) in [5.74, 6) is -0.475. The molecule has 3 rings (SSSR count). The first kappa shape index (κ1) is 17.7. The topological polar surface area (TPSA) is 62.3 Å². The van der Waals surface area contributed by atoms with Gasteiger partial charge in [0.15, 0.2) is 0 Å². The molecule has 7 heteroatoms. The Morgan fingerprint density at radius 3 is 2.88 bits per heavy atom. The van der Waals surface area contributed by atoms with Gasteiger partial charge >= 0.3 is 0 Å². The largest absolute Gasteiger partial charge is 0.324 e. The van der Waals surface area contributed by atoms with Crippen molar-refractivity contribution in [2.45, 2.75) is 19.8 Å². The van der Waals surface area contributed by atoms with Crippen LogP contribution >= 0.6 is 23.2 Å². The maximum absolute atomic E-state index is 12.8. The van der Waals surface area contributed by atoms with Crippen LogP contribution in [0.2, 0.25) is 10.0 Å². The van der Waals surface area contributed by atoms with Crippen molar-refractivity contribution >= 4 is 46.4 Å². The third-order valence-corrected chi connectivity index (χ3v) is 4.90. The van der Waals surface area contributed by atoms with Gasteiger partial charge in [0.2, 0.25) is 11.8 Å². The van der Waals surface area contributed by atoms with Crippen molar-refractivity contribution in [1.29, 1.82) is 0 Å². The Labute approximate surface area is 155 Å². The number of amides is 2. The number of carbonyl (C=O) groups excluding carboxylic acids is 2. The number of nitrogens with zero attached hydrogens (tertiary/aromatic N) is 2. The first-order valence-electron chi connectivity index (χ1n) is 7.95. The maximum Gasteiger partial charge on any atom is 0.229 e. The highest BCUT2D eigenvalue weighted by Crippen LogP contribution is 2.30. The van der Waals surface area contributed by atoms with Gasteiger partial charge in [0, 0.05) is 19.2 Å². The number of halogens is 2. The first-order valence-corrected chi connectivity index (χ1v) is 8.70. The molecule has 0 saturated heterocycles. The summed E-state index contributed by atoms with van der Waals surface area (Å²) in [6, 6.07) is 7.04. The second-order valence-electron chi connectivity index (χ2n) is 6.04. The van der Waals surface area contributed by atoms with Gasteiger partial charge < -0.3 is 10.2 Å². The summed E-state index contributed by atoms with van der Waals surface area (Å²) in [6.45, 7) is 2.12. The number of hydrogen-bond acceptors (Lipinski definition) is 3. The zero-order valence-electron chi connectivity index (χ0n) is 13.6. The van der Waals surface area contributed by atoms with Gasteiger partial charge in [-0.25, -0.2) is 0 Å². The van der Waals surface area contributed by atoms with E-state index in [4.69, 9.17) is 23.2 Å². The number of pyridine rings is 1. The summed E-state index contributed by atoms with van der Waals surface area (Å²) in [5, 5.41) is 3.80. The van der Waals surface area contributed by atoms with Gasteiger partial charge in [0.1, 0.15) is 0 Å². The minimum absolute atomic E-state index is 0.0660. The molecule has 0 radical (unpaired) electrons. The summed E-state index contributed by atoms with van der Waals surface area (Å²) in [7, 11) is 0. The Balaban J connectivity index is 1.78. The Hall–Kier alpha value is -2.11. The third-order valence-electron chi connectivity index (χ3n) is 4.17. The minimum Gasteiger partial charge on any atom is -0.324 e. The number of anilines is 2. The molecule has 2 amide bonds. The van der Waals surface area contributed by atoms with Crippen LogP contribution in [0.25, 0.3) is 0 Å². The first-order chi connectivity index (χ1) is 12.0. The molecule has 1 aromatic carbocycles. The van der Waals surface area contributed by atoms with E-state index >= 15 is 0 Å². The molecule has 0 aliphatic carbocycles. The molecule has 2 aromatic rings. The zero-order chi connectivity index (χ0) is 18.0. The van der Waals surface area contributed by atoms with E-state index in [0.29, 0.717) is 40.8 Å². The fourth-order valence-electron chi connectivity index (χ4n) is 2.74. The molecule has 1 aromatic heterocycles. The average molecular weight is 378 g/mol. The van der Waals surface area contributed by atoms with Crippen LogP contribution < -0.4 is 10.2 Å². The van der Waals surface area contributed by atoms with E-state index < -0.39 is 0 Å². The van der Waals surface area contributed by atoms with E-state index in [2.05, 4.69) is 10.3 Å². The van der Waals surface area contributed by atoms with Gasteiger partial charge in [-0.3, -0.25) is 14.6 Å². The van der Waals surface area contributed by atoms with E-state index in [1.54, 1.807) is 42.4 Å². The molecule has 0 fully saturated rings. The number of aromatic nitrogens is 1. The van der Waals surface area contributed by atoms with Gasteiger partial charge in [-0.15, -0.1) is 0 Å². The zero-order valence-corrected chi connectivity index (χ0v) is 15.1. The number of fused-ring (bicyclic) bond motifs is 1. The lowest BCUT2D eigenvalue weighted by Gasteiger charge is -2.23. The average Bonchev–Trinajstić information content (AvgIpc) is 2.72. The fraction of sp³-hybridized carbons (Fsp3) is 0.278. The SMILES string of the molecule is CC1CN(C(=O)CCc2ccc(Cl)c(Cl)c2)c2cnccc2NC1=O. The molecule has 1 unspecified atom stereocenters. The van der Waals surface area contributed by atoms with E-state index in [0.717, 1.165) is 5.56 Å². The summed E-state index contributed by atoms with van der Waals surface area (Å²) < 4.78 is 0. The number of rotatable bonds is 3. The molecule has 130 valence electrons. The van der Waals surface area contributed by atoms with E-state index in [-0.39, 0.29) is 17.7 Å². The highest BCUT2D eigenvalue weighted by atomic mass is 35.5. The summed E-state index contributed by atoms with van der Waals surface area (Å²) in [6.07, 6.45) is 4.03. The highest BCUT2D eigenvalue weighted by molar-refractivity contribution is 6.42. The van der Waals surface area contributed by atoms with Gasteiger partial charge in [-0.1, -0.05) is 36.2 Å². The van der Waals surface area contributed by atoms with Crippen LogP contribution in [-0.4, -0.2) is 23.3 Å². The van der Waals surface area contributed by atoms with Crippen molar-refractivity contribution < 1.29 is 9.59 Å². The van der Waals surface area contributed by atoms with Gasteiger partial charge in [-0.2, -0.15) is 0 Å². The van der Waals surface area contributed by atoms with Crippen molar-refractivity contribution in [2.24, 2.45) is 5.92 Å². The van der Waals surface area contributed by atoms with Gasteiger partial charge in [-0.05, 0) is 30.2 Å². The Kier molecular flexibility index (Phi) is 5.25. The predicted octanol–water partition coefficient (Wildman–Crippen LogP) is 3.94. The lowest BCUT2D eigenvalue weighted by Crippen LogP contribution is -2.36. The summed E-state index contributed by atoms with van der Waals surface area (Å²) in [5.41, 5.74) is 2.16. The summed E-state index contributed by atoms with van der Waals surface area (Å²) >= 11 is 11.9. The molecule has 5 nitrogen and oxygen atoms in total. The monoisotopic (exact) mass is 377 g/mol. The second kappa shape index (κ2) is 7.42. The van der Waals surface area contributed by atoms with Crippen LogP contribution in [0.5, 0.6) is 0 Å². The van der Waals surface area contributed by atoms with Crippen LogP contribution in [0.4, 0.5) is 11.4 Å². The molecule has 1 N–H and O–H groups in total. The number of nitrogens with one attached hydrogen (secondary N) is 1. The predicted molar refractivity (Wildman–Crippen MR) is 99.2 cm³/mol. The molecule has 0 bridgehead atoms. The lowest BCUT2D eigenvalue weighted by atomic mass is 10.1. The number of aryl methyl sites for hydroxylation is 1. The molecule has 2 heterocycles. The highest BCUT2D eigenvalue weighted by Gasteiger charge is 2.28. The number of benzene rings is 1. The molecule has 0 spiro atoms. The number of carbonyl (C=O) groups is 2. The fourth-order valence-corrected chi connectivity index (χ4v) is 3.06. The van der Waals surface area contributed by atoms with Gasteiger partial charge in [0.25, 0.3) is 0 Å². The van der Waals surface area contributed by atoms with E-state index in [1.165, 1.54) is 0 Å². The smallest absolute Gasteiger partial charge is 0.229 e. The van der Waals surface area contributed by atoms with Crippen LogP contribution in [0.1, 0.15) is 18.9 Å². The quantitative estimate of drug-likeness (QED) is 0.880. The van der Waals surface area contributed by atoms with Crippen molar-refractivity contribution in [3.05, 3.63) is 52.3 Å². The maximum atomic E-state index is 12.8. The Bertz CT molecular complexity index is 826. The van der Waals surface area contributed by atoms with Crippen LogP contribution in [0.3, 0.4) is 0 Å². The Morgan fingerprint density at radius 1 is 1.32 bits per heavy atom. The minimum atomic E-state index is -0.304. The standard InChI is InChI=1S/C18H17Cl2N3O2/c1-11-10-23(16-9-21-7-6-15(16)22-18(11)25)17(24)5-3-12-2-4-13(19)14(20)8-12/h2,4,6-9,11H,3,5,10H2,1H3,(H,22,25). The molecule has 1 atom stereocenters. The van der Waals surface area contributed by atoms with Crippen LogP contribution in [0, 0.1) is 5.92 Å².